The van der Waals surface area contributed by atoms with Crippen LogP contribution in [0.3, 0.4) is 0 Å². The van der Waals surface area contributed by atoms with Gasteiger partial charge in [0.15, 0.2) is 5.76 Å². The zero-order valence-electron chi connectivity index (χ0n) is 10.5. The summed E-state index contributed by atoms with van der Waals surface area (Å²) in [6, 6.07) is 6.09. The molecule has 9 nitrogen and oxygen atoms in total. The number of carbonyl (C=O) groups is 1. The van der Waals surface area contributed by atoms with Crippen molar-refractivity contribution in [1.29, 1.82) is 0 Å². The van der Waals surface area contributed by atoms with Crippen LogP contribution in [0, 0.1) is 20.2 Å². The zero-order valence-corrected chi connectivity index (χ0v) is 10.5. The fourth-order valence-electron chi connectivity index (χ4n) is 1.61. The first-order valence-electron chi connectivity index (χ1n) is 5.72. The van der Waals surface area contributed by atoms with E-state index in [1.54, 1.807) is 6.07 Å². The minimum Gasteiger partial charge on any atom is -0.461 e. The molecule has 0 aliphatic rings. The fraction of sp³-hybridized carbons (Fsp3) is 0.0833. The second-order valence-electron chi connectivity index (χ2n) is 4.01. The van der Waals surface area contributed by atoms with Crippen LogP contribution in [0.5, 0.6) is 0 Å². The maximum absolute atomic E-state index is 11.7. The predicted molar refractivity (Wildman–Crippen MR) is 71.3 cm³/mol. The average molecular weight is 291 g/mol. The van der Waals surface area contributed by atoms with Crippen molar-refractivity contribution >= 4 is 22.8 Å². The molecule has 0 aliphatic heterocycles. The lowest BCUT2D eigenvalue weighted by Crippen LogP contribution is -2.13. The Labute approximate surface area is 117 Å². The summed E-state index contributed by atoms with van der Waals surface area (Å²) in [6.07, 6.45) is 1.34. The predicted octanol–water partition coefficient (Wildman–Crippen LogP) is 2.39. The van der Waals surface area contributed by atoms with Crippen molar-refractivity contribution < 1.29 is 19.1 Å². The van der Waals surface area contributed by atoms with Crippen LogP contribution in [0.4, 0.5) is 17.1 Å². The summed E-state index contributed by atoms with van der Waals surface area (Å²) in [6.45, 7) is -0.203. The number of carbonyl (C=O) groups excluding carboxylic acids is 1. The number of hydrogen-bond acceptors (Lipinski definition) is 7. The lowest BCUT2D eigenvalue weighted by atomic mass is 10.2. The van der Waals surface area contributed by atoms with Crippen LogP contribution < -0.4 is 5.32 Å². The summed E-state index contributed by atoms with van der Waals surface area (Å²) in [5.74, 6) is -0.253. The van der Waals surface area contributed by atoms with Crippen LogP contribution in [0.25, 0.3) is 0 Å². The standard InChI is InChI=1S/C12H9N3O6/c16-11(12-2-1-3-21-12)7-13-8-4-9(14(17)18)6-10(5-8)15(19)20/h1-6,13H,7H2. The molecule has 0 saturated carbocycles. The second-order valence-corrected chi connectivity index (χ2v) is 4.01. The van der Waals surface area contributed by atoms with Gasteiger partial charge in [-0.1, -0.05) is 0 Å². The molecule has 0 amide bonds. The van der Waals surface area contributed by atoms with Crippen molar-refractivity contribution in [1.82, 2.24) is 0 Å². The van der Waals surface area contributed by atoms with Crippen molar-refractivity contribution in [2.24, 2.45) is 0 Å². The molecule has 0 spiro atoms. The van der Waals surface area contributed by atoms with E-state index >= 15 is 0 Å². The molecule has 0 aliphatic carbocycles. The number of nitrogens with one attached hydrogen (secondary N) is 1. The van der Waals surface area contributed by atoms with Crippen molar-refractivity contribution in [3.05, 3.63) is 62.6 Å². The fourth-order valence-corrected chi connectivity index (χ4v) is 1.61. The van der Waals surface area contributed by atoms with E-state index in [0.717, 1.165) is 18.2 Å². The van der Waals surface area contributed by atoms with Gasteiger partial charge in [-0.25, -0.2) is 0 Å². The highest BCUT2D eigenvalue weighted by Crippen LogP contribution is 2.25. The summed E-state index contributed by atoms with van der Waals surface area (Å²) in [4.78, 5) is 31.7. The van der Waals surface area contributed by atoms with Gasteiger partial charge in [0, 0.05) is 17.8 Å². The Morgan fingerprint density at radius 1 is 1.14 bits per heavy atom. The zero-order chi connectivity index (χ0) is 15.4. The van der Waals surface area contributed by atoms with Crippen molar-refractivity contribution in [2.75, 3.05) is 11.9 Å². The molecule has 1 aromatic heterocycles. The van der Waals surface area contributed by atoms with E-state index in [4.69, 9.17) is 4.42 Å². The summed E-state index contributed by atoms with van der Waals surface area (Å²) in [7, 11) is 0. The second kappa shape index (κ2) is 5.82. The molecule has 0 saturated heterocycles. The maximum atomic E-state index is 11.7. The lowest BCUT2D eigenvalue weighted by molar-refractivity contribution is -0.394. The number of hydrogen-bond donors (Lipinski definition) is 1. The number of Topliss-reactive ketones (excluding diaryl/α,β-unsaturated/α-hetero) is 1. The number of ketones is 1. The number of furan rings is 1. The van der Waals surface area contributed by atoms with Crippen LogP contribution in [0.1, 0.15) is 10.6 Å². The van der Waals surface area contributed by atoms with E-state index in [2.05, 4.69) is 5.32 Å². The van der Waals surface area contributed by atoms with Crippen LogP contribution in [-0.2, 0) is 0 Å². The van der Waals surface area contributed by atoms with Gasteiger partial charge in [0.25, 0.3) is 11.4 Å². The number of anilines is 1. The van der Waals surface area contributed by atoms with E-state index in [1.165, 1.54) is 12.3 Å². The first kappa shape index (κ1) is 14.2. The molecule has 21 heavy (non-hydrogen) atoms. The normalized spacial score (nSPS) is 10.1. The number of benzene rings is 1. The third-order valence-electron chi connectivity index (χ3n) is 2.57. The molecule has 0 atom stereocenters. The summed E-state index contributed by atoms with van der Waals surface area (Å²) < 4.78 is 4.90. The SMILES string of the molecule is O=C(CNc1cc([N+](=O)[O-])cc([N+](=O)[O-])c1)c1ccco1. The topological polar surface area (TPSA) is 129 Å². The number of nitro benzene ring substituents is 2. The molecule has 9 heteroatoms. The van der Waals surface area contributed by atoms with E-state index in [-0.39, 0.29) is 23.8 Å². The molecule has 1 N–H and O–H groups in total. The Hall–Kier alpha value is -3.23. The highest BCUT2D eigenvalue weighted by molar-refractivity contribution is 5.96. The van der Waals surface area contributed by atoms with Crippen LogP contribution in [0.2, 0.25) is 0 Å². The number of rotatable bonds is 6. The average Bonchev–Trinajstić information content (AvgIpc) is 2.98. The van der Waals surface area contributed by atoms with Gasteiger partial charge < -0.3 is 9.73 Å². The molecule has 0 unspecified atom stereocenters. The molecule has 108 valence electrons. The highest BCUT2D eigenvalue weighted by atomic mass is 16.6. The summed E-state index contributed by atoms with van der Waals surface area (Å²) in [5.41, 5.74) is -0.759. The van der Waals surface area contributed by atoms with Crippen LogP contribution in [-0.4, -0.2) is 22.2 Å². The van der Waals surface area contributed by atoms with E-state index in [1.807, 2.05) is 0 Å². The summed E-state index contributed by atoms with van der Waals surface area (Å²) >= 11 is 0. The van der Waals surface area contributed by atoms with Gasteiger partial charge in [-0.05, 0) is 12.1 Å². The Kier molecular flexibility index (Phi) is 3.93. The third kappa shape index (κ3) is 3.41. The van der Waals surface area contributed by atoms with Crippen LogP contribution in [0.15, 0.2) is 41.0 Å². The number of nitrogens with zero attached hydrogens (tertiary/aromatic N) is 2. The van der Waals surface area contributed by atoms with E-state index in [9.17, 15) is 25.0 Å². The summed E-state index contributed by atoms with van der Waals surface area (Å²) in [5, 5.41) is 24.1. The first-order chi connectivity index (χ1) is 9.97. The smallest absolute Gasteiger partial charge is 0.278 e. The molecule has 1 heterocycles. The molecular weight excluding hydrogens is 282 g/mol. The highest BCUT2D eigenvalue weighted by Gasteiger charge is 2.17. The number of non-ortho nitro benzene ring substituents is 2. The number of nitro groups is 2. The molecule has 2 rings (SSSR count). The Balaban J connectivity index is 2.17. The third-order valence-corrected chi connectivity index (χ3v) is 2.57. The van der Waals surface area contributed by atoms with Gasteiger partial charge in [-0.15, -0.1) is 0 Å². The van der Waals surface area contributed by atoms with Crippen LogP contribution >= 0.6 is 0 Å². The Morgan fingerprint density at radius 3 is 2.24 bits per heavy atom. The largest absolute Gasteiger partial charge is 0.461 e. The van der Waals surface area contributed by atoms with Gasteiger partial charge >= 0.3 is 0 Å². The van der Waals surface area contributed by atoms with Gasteiger partial charge in [0.1, 0.15) is 0 Å². The quantitative estimate of drug-likeness (QED) is 0.491. The minimum atomic E-state index is -0.744. The van der Waals surface area contributed by atoms with Crippen molar-refractivity contribution in [3.63, 3.8) is 0 Å². The van der Waals surface area contributed by atoms with E-state index in [0.29, 0.717) is 0 Å². The lowest BCUT2D eigenvalue weighted by Gasteiger charge is -2.04. The Morgan fingerprint density at radius 2 is 1.76 bits per heavy atom. The monoisotopic (exact) mass is 291 g/mol. The first-order valence-corrected chi connectivity index (χ1v) is 5.72. The van der Waals surface area contributed by atoms with Gasteiger partial charge in [0.05, 0.1) is 28.7 Å². The van der Waals surface area contributed by atoms with Crippen molar-refractivity contribution in [3.8, 4) is 0 Å². The molecular formula is C12H9N3O6. The molecule has 0 radical (unpaired) electrons. The molecule has 1 aromatic carbocycles. The van der Waals surface area contributed by atoms with Gasteiger partial charge in [-0.2, -0.15) is 0 Å². The molecule has 2 aromatic rings. The van der Waals surface area contributed by atoms with Gasteiger partial charge in [0.2, 0.25) is 5.78 Å². The van der Waals surface area contributed by atoms with Crippen molar-refractivity contribution in [2.45, 2.75) is 0 Å². The van der Waals surface area contributed by atoms with Gasteiger partial charge in [-0.3, -0.25) is 25.0 Å². The molecule has 0 fully saturated rings. The molecule has 0 bridgehead atoms. The Bertz CT molecular complexity index is 663. The minimum absolute atomic E-state index is 0.107. The maximum Gasteiger partial charge on any atom is 0.278 e. The van der Waals surface area contributed by atoms with E-state index < -0.39 is 21.2 Å².